The molecular formula is C4H8OSi. The predicted octanol–water partition coefficient (Wildman–Crippen LogP) is 0.0473. The highest BCUT2D eigenvalue weighted by atomic mass is 28.3. The number of hydrogen-bond donors (Lipinski definition) is 0. The third-order valence-corrected chi connectivity index (χ3v) is 2.99. The molecule has 2 heteroatoms. The summed E-state index contributed by atoms with van der Waals surface area (Å²) in [6.45, 7) is 3.66. The van der Waals surface area contributed by atoms with Crippen molar-refractivity contribution < 1.29 is 4.74 Å². The molecule has 1 saturated heterocycles. The van der Waals surface area contributed by atoms with Gasteiger partial charge in [0.15, 0.2) is 0 Å². The van der Waals surface area contributed by atoms with Crippen LogP contribution < -0.4 is 0 Å². The molecule has 0 radical (unpaired) electrons. The summed E-state index contributed by atoms with van der Waals surface area (Å²) in [6.07, 6.45) is 2.06. The molecule has 0 aromatic rings. The lowest BCUT2D eigenvalue weighted by Gasteiger charge is -2.19. The Hall–Kier alpha value is -0.0831. The van der Waals surface area contributed by atoms with Gasteiger partial charge in [-0.15, -0.1) is 12.3 Å². The molecule has 0 unspecified atom stereocenters. The van der Waals surface area contributed by atoms with E-state index in [0.717, 1.165) is 12.5 Å². The Morgan fingerprint density at radius 1 is 1.67 bits per heavy atom. The van der Waals surface area contributed by atoms with Gasteiger partial charge in [-0.25, -0.2) is 0 Å². The van der Waals surface area contributed by atoms with Gasteiger partial charge >= 0.3 is 0 Å². The van der Waals surface area contributed by atoms with Gasteiger partial charge in [-0.05, 0) is 0 Å². The molecule has 0 aromatic carbocycles. The standard InChI is InChI=1S/C4H8OSi/c1-2-6-3-5-4-6/h2,6H,1,3-4H2. The Morgan fingerprint density at radius 2 is 2.33 bits per heavy atom. The van der Waals surface area contributed by atoms with E-state index in [2.05, 4.69) is 12.3 Å². The Balaban J connectivity index is 2.16. The summed E-state index contributed by atoms with van der Waals surface area (Å²) in [6, 6.07) is 0. The van der Waals surface area contributed by atoms with Crippen LogP contribution >= 0.6 is 0 Å². The van der Waals surface area contributed by atoms with E-state index < -0.39 is 8.80 Å². The van der Waals surface area contributed by atoms with Gasteiger partial charge in [-0.1, -0.05) is 0 Å². The van der Waals surface area contributed by atoms with E-state index in [9.17, 15) is 0 Å². The van der Waals surface area contributed by atoms with E-state index >= 15 is 0 Å². The molecule has 0 aromatic heterocycles. The average molecular weight is 100 g/mol. The first-order chi connectivity index (χ1) is 2.93. The summed E-state index contributed by atoms with van der Waals surface area (Å²) < 4.78 is 4.92. The lowest BCUT2D eigenvalue weighted by Crippen LogP contribution is -2.36. The average Bonchev–Trinajstić information content (AvgIpc) is 1.31. The van der Waals surface area contributed by atoms with Crippen molar-refractivity contribution in [2.45, 2.75) is 0 Å². The van der Waals surface area contributed by atoms with Gasteiger partial charge in [0, 0.05) is 12.5 Å². The molecule has 1 rings (SSSR count). The van der Waals surface area contributed by atoms with Crippen LogP contribution in [0, 0.1) is 0 Å². The van der Waals surface area contributed by atoms with Crippen molar-refractivity contribution in [2.75, 3.05) is 12.5 Å². The normalized spacial score (nSPS) is 22.7. The highest BCUT2D eigenvalue weighted by molar-refractivity contribution is 6.65. The first-order valence-corrected chi connectivity index (χ1v) is 4.44. The smallest absolute Gasteiger partial charge is 0.119 e. The van der Waals surface area contributed by atoms with E-state index in [0.29, 0.717) is 0 Å². The molecule has 6 heavy (non-hydrogen) atoms. The maximum absolute atomic E-state index is 4.92. The first-order valence-electron chi connectivity index (χ1n) is 2.14. The minimum atomic E-state index is -0.438. The maximum Gasteiger partial charge on any atom is 0.119 e. The number of hydrogen-bond acceptors (Lipinski definition) is 1. The van der Waals surface area contributed by atoms with Crippen molar-refractivity contribution in [1.29, 1.82) is 0 Å². The van der Waals surface area contributed by atoms with Crippen molar-refractivity contribution in [3.8, 4) is 0 Å². The largest absolute Gasteiger partial charge is 0.388 e. The second-order valence-corrected chi connectivity index (χ2v) is 4.19. The summed E-state index contributed by atoms with van der Waals surface area (Å²) in [4.78, 5) is 0. The van der Waals surface area contributed by atoms with Gasteiger partial charge in [-0.3, -0.25) is 0 Å². The zero-order valence-electron chi connectivity index (χ0n) is 3.68. The van der Waals surface area contributed by atoms with Crippen molar-refractivity contribution in [3.63, 3.8) is 0 Å². The molecule has 0 N–H and O–H groups in total. The zero-order chi connectivity index (χ0) is 4.41. The molecule has 1 nitrogen and oxygen atoms in total. The topological polar surface area (TPSA) is 9.23 Å². The second-order valence-electron chi connectivity index (χ2n) is 1.53. The summed E-state index contributed by atoms with van der Waals surface area (Å²) in [5.74, 6) is 0. The van der Waals surface area contributed by atoms with Crippen LogP contribution in [0.4, 0.5) is 0 Å². The molecule has 1 aliphatic heterocycles. The highest BCUT2D eigenvalue weighted by Crippen LogP contribution is 1.97. The van der Waals surface area contributed by atoms with E-state index in [1.165, 1.54) is 0 Å². The van der Waals surface area contributed by atoms with Crippen LogP contribution in [0.5, 0.6) is 0 Å². The minimum Gasteiger partial charge on any atom is -0.388 e. The Bertz CT molecular complexity index is 58.6. The predicted molar refractivity (Wildman–Crippen MR) is 28.2 cm³/mol. The molecular weight excluding hydrogens is 92.1 g/mol. The fourth-order valence-electron chi connectivity index (χ4n) is 0.390. The third-order valence-electron chi connectivity index (χ3n) is 0.997. The summed E-state index contributed by atoms with van der Waals surface area (Å²) in [7, 11) is -0.438. The summed E-state index contributed by atoms with van der Waals surface area (Å²) in [5.41, 5.74) is 2.07. The second kappa shape index (κ2) is 1.58. The van der Waals surface area contributed by atoms with Gasteiger partial charge in [0.25, 0.3) is 0 Å². The van der Waals surface area contributed by atoms with Crippen molar-refractivity contribution >= 4 is 8.80 Å². The fourth-order valence-corrected chi connectivity index (χ4v) is 1.17. The highest BCUT2D eigenvalue weighted by Gasteiger charge is 2.14. The lowest BCUT2D eigenvalue weighted by atomic mass is 11.3. The molecule has 0 aliphatic carbocycles. The third kappa shape index (κ3) is 0.532. The molecule has 1 heterocycles. The Kier molecular flexibility index (Phi) is 1.07. The molecule has 0 atom stereocenters. The van der Waals surface area contributed by atoms with Crippen LogP contribution in [0.15, 0.2) is 12.3 Å². The number of ether oxygens (including phenoxy) is 1. The zero-order valence-corrected chi connectivity index (χ0v) is 4.84. The van der Waals surface area contributed by atoms with Crippen LogP contribution in [0.1, 0.15) is 0 Å². The van der Waals surface area contributed by atoms with Gasteiger partial charge in [-0.2, -0.15) is 0 Å². The molecule has 0 bridgehead atoms. The van der Waals surface area contributed by atoms with Crippen LogP contribution in [0.25, 0.3) is 0 Å². The van der Waals surface area contributed by atoms with E-state index in [1.54, 1.807) is 0 Å². The lowest BCUT2D eigenvalue weighted by molar-refractivity contribution is 0.176. The van der Waals surface area contributed by atoms with Gasteiger partial charge in [0.05, 0.1) is 0 Å². The maximum atomic E-state index is 4.92. The monoisotopic (exact) mass is 100 g/mol. The summed E-state index contributed by atoms with van der Waals surface area (Å²) >= 11 is 0. The van der Waals surface area contributed by atoms with Crippen LogP contribution in [0.2, 0.25) is 0 Å². The van der Waals surface area contributed by atoms with E-state index in [1.807, 2.05) is 0 Å². The SMILES string of the molecule is C=C[SiH]1COC1. The van der Waals surface area contributed by atoms with Crippen LogP contribution in [-0.4, -0.2) is 21.3 Å². The van der Waals surface area contributed by atoms with Gasteiger partial charge < -0.3 is 4.74 Å². The van der Waals surface area contributed by atoms with E-state index in [4.69, 9.17) is 4.74 Å². The molecule has 1 fully saturated rings. The van der Waals surface area contributed by atoms with Gasteiger partial charge in [0.1, 0.15) is 8.80 Å². The quantitative estimate of drug-likeness (QED) is 0.423. The van der Waals surface area contributed by atoms with Gasteiger partial charge in [0.2, 0.25) is 0 Å². The van der Waals surface area contributed by atoms with Crippen molar-refractivity contribution in [2.24, 2.45) is 0 Å². The molecule has 0 spiro atoms. The first kappa shape index (κ1) is 4.09. The molecule has 1 aliphatic rings. The minimum absolute atomic E-state index is 0.438. The fraction of sp³-hybridized carbons (Fsp3) is 0.500. The Labute approximate surface area is 39.2 Å². The number of rotatable bonds is 1. The molecule has 0 saturated carbocycles. The molecule has 0 amide bonds. The van der Waals surface area contributed by atoms with E-state index in [-0.39, 0.29) is 0 Å². The van der Waals surface area contributed by atoms with Crippen molar-refractivity contribution in [1.82, 2.24) is 0 Å². The molecule has 34 valence electrons. The van der Waals surface area contributed by atoms with Crippen molar-refractivity contribution in [3.05, 3.63) is 12.3 Å². The summed E-state index contributed by atoms with van der Waals surface area (Å²) in [5, 5.41) is 0. The van der Waals surface area contributed by atoms with Crippen LogP contribution in [0.3, 0.4) is 0 Å². The Morgan fingerprint density at radius 3 is 2.33 bits per heavy atom. The van der Waals surface area contributed by atoms with Crippen LogP contribution in [-0.2, 0) is 4.74 Å².